The molecule has 0 radical (unpaired) electrons. The summed E-state index contributed by atoms with van der Waals surface area (Å²) in [7, 11) is 0. The second-order valence-electron chi connectivity index (χ2n) is 8.40. The Morgan fingerprint density at radius 1 is 1.00 bits per heavy atom. The van der Waals surface area contributed by atoms with Crippen LogP contribution in [0, 0.1) is 16.7 Å². The van der Waals surface area contributed by atoms with Gasteiger partial charge in [-0.05, 0) is 61.9 Å². The van der Waals surface area contributed by atoms with Crippen LogP contribution < -0.4 is 5.32 Å². The average molecular weight is 295 g/mol. The van der Waals surface area contributed by atoms with Crippen molar-refractivity contribution in [1.82, 2.24) is 10.2 Å². The molecule has 2 rings (SSSR count). The molecule has 1 saturated carbocycles. The van der Waals surface area contributed by atoms with Gasteiger partial charge in [-0.1, -0.05) is 40.5 Å². The van der Waals surface area contributed by atoms with Gasteiger partial charge in [-0.25, -0.2) is 0 Å². The standard InChI is InChI=1S/C19H38N2/c1-5-18(6-2)11-12-21(15-18)16-19(9-7-8-10-19)14-20-13-17(3)4/h17,20H,5-16H2,1-4H3. The smallest absolute Gasteiger partial charge is 0.00504 e. The summed E-state index contributed by atoms with van der Waals surface area (Å²) in [5.41, 5.74) is 1.21. The number of rotatable bonds is 8. The lowest BCUT2D eigenvalue weighted by Gasteiger charge is -2.35. The monoisotopic (exact) mass is 294 g/mol. The lowest BCUT2D eigenvalue weighted by atomic mass is 9.81. The fourth-order valence-electron chi connectivity index (χ4n) is 4.61. The maximum absolute atomic E-state index is 3.76. The topological polar surface area (TPSA) is 15.3 Å². The highest BCUT2D eigenvalue weighted by atomic mass is 15.2. The Balaban J connectivity index is 1.88. The van der Waals surface area contributed by atoms with Gasteiger partial charge in [-0.3, -0.25) is 0 Å². The Bertz CT molecular complexity index is 301. The third-order valence-corrected chi connectivity index (χ3v) is 6.29. The van der Waals surface area contributed by atoms with Crippen molar-refractivity contribution < 1.29 is 0 Å². The molecule has 2 fully saturated rings. The number of nitrogens with zero attached hydrogens (tertiary/aromatic N) is 1. The molecule has 124 valence electrons. The summed E-state index contributed by atoms with van der Waals surface area (Å²) in [6, 6.07) is 0. The van der Waals surface area contributed by atoms with Crippen molar-refractivity contribution in [2.45, 2.75) is 72.6 Å². The zero-order valence-electron chi connectivity index (χ0n) is 15.0. The van der Waals surface area contributed by atoms with Gasteiger partial charge in [0.15, 0.2) is 0 Å². The van der Waals surface area contributed by atoms with Gasteiger partial charge < -0.3 is 10.2 Å². The molecule has 1 saturated heterocycles. The third kappa shape index (κ3) is 4.45. The zero-order valence-corrected chi connectivity index (χ0v) is 15.0. The summed E-state index contributed by atoms with van der Waals surface area (Å²) < 4.78 is 0. The van der Waals surface area contributed by atoms with Crippen LogP contribution in [0.15, 0.2) is 0 Å². The van der Waals surface area contributed by atoms with Crippen molar-refractivity contribution in [2.75, 3.05) is 32.7 Å². The summed E-state index contributed by atoms with van der Waals surface area (Å²) in [5, 5.41) is 3.76. The van der Waals surface area contributed by atoms with Crippen LogP contribution in [0.1, 0.15) is 72.6 Å². The molecule has 0 aromatic rings. The Morgan fingerprint density at radius 2 is 1.67 bits per heavy atom. The van der Waals surface area contributed by atoms with E-state index in [9.17, 15) is 0 Å². The molecular formula is C19H38N2. The number of nitrogens with one attached hydrogen (secondary N) is 1. The number of hydrogen-bond acceptors (Lipinski definition) is 2. The molecule has 0 bridgehead atoms. The van der Waals surface area contributed by atoms with Gasteiger partial charge in [0.25, 0.3) is 0 Å². The first-order valence-corrected chi connectivity index (χ1v) is 9.46. The predicted octanol–water partition coefficient (Wildman–Crippen LogP) is 4.30. The highest BCUT2D eigenvalue weighted by Crippen LogP contribution is 2.42. The first-order valence-electron chi connectivity index (χ1n) is 9.46. The third-order valence-electron chi connectivity index (χ3n) is 6.29. The maximum atomic E-state index is 3.76. The Labute approximate surface area is 133 Å². The van der Waals surface area contributed by atoms with Gasteiger partial charge in [0.1, 0.15) is 0 Å². The van der Waals surface area contributed by atoms with Gasteiger partial charge in [0.2, 0.25) is 0 Å². The molecule has 0 unspecified atom stereocenters. The van der Waals surface area contributed by atoms with E-state index in [-0.39, 0.29) is 0 Å². The molecule has 2 heteroatoms. The Hall–Kier alpha value is -0.0800. The lowest BCUT2D eigenvalue weighted by Crippen LogP contribution is -2.43. The van der Waals surface area contributed by atoms with Crippen molar-refractivity contribution in [3.05, 3.63) is 0 Å². The summed E-state index contributed by atoms with van der Waals surface area (Å²) in [5.74, 6) is 0.767. The second kappa shape index (κ2) is 7.46. The molecule has 0 atom stereocenters. The molecule has 1 N–H and O–H groups in total. The lowest BCUT2D eigenvalue weighted by molar-refractivity contribution is 0.151. The summed E-state index contributed by atoms with van der Waals surface area (Å²) in [4.78, 5) is 2.80. The maximum Gasteiger partial charge on any atom is 0.00504 e. The van der Waals surface area contributed by atoms with Crippen LogP contribution in [0.3, 0.4) is 0 Å². The van der Waals surface area contributed by atoms with E-state index in [1.54, 1.807) is 0 Å². The first kappa shape index (κ1) is 17.3. The molecular weight excluding hydrogens is 256 g/mol. The minimum absolute atomic E-state index is 0.576. The quantitative estimate of drug-likeness (QED) is 0.718. The molecule has 0 amide bonds. The Morgan fingerprint density at radius 3 is 2.19 bits per heavy atom. The molecule has 1 heterocycles. The highest BCUT2D eigenvalue weighted by molar-refractivity contribution is 4.94. The van der Waals surface area contributed by atoms with Crippen LogP contribution in [0.4, 0.5) is 0 Å². The molecule has 1 aliphatic heterocycles. The van der Waals surface area contributed by atoms with Crippen LogP contribution in [0.25, 0.3) is 0 Å². The second-order valence-corrected chi connectivity index (χ2v) is 8.40. The summed E-state index contributed by atoms with van der Waals surface area (Å²) in [6.07, 6.45) is 9.93. The van der Waals surface area contributed by atoms with Crippen molar-refractivity contribution >= 4 is 0 Å². The van der Waals surface area contributed by atoms with Crippen LogP contribution in [-0.4, -0.2) is 37.6 Å². The van der Waals surface area contributed by atoms with Crippen LogP contribution >= 0.6 is 0 Å². The van der Waals surface area contributed by atoms with Gasteiger partial charge >= 0.3 is 0 Å². The number of hydrogen-bond donors (Lipinski definition) is 1. The molecule has 0 aromatic carbocycles. The van der Waals surface area contributed by atoms with Crippen molar-refractivity contribution in [3.8, 4) is 0 Å². The molecule has 1 aliphatic carbocycles. The molecule has 0 spiro atoms. The van der Waals surface area contributed by atoms with E-state index in [1.807, 2.05) is 0 Å². The molecule has 21 heavy (non-hydrogen) atoms. The van der Waals surface area contributed by atoms with Crippen molar-refractivity contribution in [1.29, 1.82) is 0 Å². The van der Waals surface area contributed by atoms with Gasteiger partial charge in [-0.2, -0.15) is 0 Å². The average Bonchev–Trinajstić information content (AvgIpc) is 3.07. The van der Waals surface area contributed by atoms with E-state index in [4.69, 9.17) is 0 Å². The first-order chi connectivity index (χ1) is 10.0. The van der Waals surface area contributed by atoms with E-state index in [0.29, 0.717) is 10.8 Å². The summed E-state index contributed by atoms with van der Waals surface area (Å²) in [6.45, 7) is 15.9. The SMILES string of the molecule is CCC1(CC)CCN(CC2(CNCC(C)C)CCCC2)C1. The van der Waals surface area contributed by atoms with E-state index in [1.165, 1.54) is 77.7 Å². The zero-order chi connectivity index (χ0) is 15.3. The van der Waals surface area contributed by atoms with Crippen molar-refractivity contribution in [2.24, 2.45) is 16.7 Å². The fourth-order valence-corrected chi connectivity index (χ4v) is 4.61. The van der Waals surface area contributed by atoms with Crippen LogP contribution in [0.5, 0.6) is 0 Å². The van der Waals surface area contributed by atoms with E-state index >= 15 is 0 Å². The van der Waals surface area contributed by atoms with E-state index < -0.39 is 0 Å². The Kier molecular flexibility index (Phi) is 6.14. The minimum Gasteiger partial charge on any atom is -0.316 e. The van der Waals surface area contributed by atoms with E-state index in [2.05, 4.69) is 37.9 Å². The van der Waals surface area contributed by atoms with Gasteiger partial charge in [-0.15, -0.1) is 0 Å². The highest BCUT2D eigenvalue weighted by Gasteiger charge is 2.40. The summed E-state index contributed by atoms with van der Waals surface area (Å²) >= 11 is 0. The number of likely N-dealkylation sites (tertiary alicyclic amines) is 1. The molecule has 0 aromatic heterocycles. The molecule has 2 nitrogen and oxygen atoms in total. The van der Waals surface area contributed by atoms with E-state index in [0.717, 1.165) is 5.92 Å². The van der Waals surface area contributed by atoms with Crippen molar-refractivity contribution in [3.63, 3.8) is 0 Å². The van der Waals surface area contributed by atoms with Crippen LogP contribution in [0.2, 0.25) is 0 Å². The minimum atomic E-state index is 0.576. The molecule has 2 aliphatic rings. The predicted molar refractivity (Wildman–Crippen MR) is 92.7 cm³/mol. The van der Waals surface area contributed by atoms with Crippen LogP contribution in [-0.2, 0) is 0 Å². The van der Waals surface area contributed by atoms with Gasteiger partial charge in [0, 0.05) is 19.6 Å². The largest absolute Gasteiger partial charge is 0.316 e. The van der Waals surface area contributed by atoms with Gasteiger partial charge in [0.05, 0.1) is 0 Å². The fraction of sp³-hybridized carbons (Fsp3) is 1.00. The normalized spacial score (nSPS) is 25.0.